The van der Waals surface area contributed by atoms with Gasteiger partial charge in [-0.3, -0.25) is 9.59 Å². The number of hydrogen-bond acceptors (Lipinski definition) is 4. The van der Waals surface area contributed by atoms with Crippen LogP contribution >= 0.6 is 0 Å². The highest BCUT2D eigenvalue weighted by atomic mass is 16.5. The molecular formula is C17H27N3O3. The molecular weight excluding hydrogens is 294 g/mol. The second-order valence-corrected chi connectivity index (χ2v) is 6.53. The van der Waals surface area contributed by atoms with E-state index >= 15 is 0 Å². The van der Waals surface area contributed by atoms with Gasteiger partial charge in [0, 0.05) is 31.9 Å². The van der Waals surface area contributed by atoms with Crippen molar-refractivity contribution in [3.8, 4) is 0 Å². The third-order valence-electron chi connectivity index (χ3n) is 4.13. The van der Waals surface area contributed by atoms with E-state index in [9.17, 15) is 9.59 Å². The van der Waals surface area contributed by atoms with E-state index in [-0.39, 0.29) is 23.1 Å². The van der Waals surface area contributed by atoms with Gasteiger partial charge in [0.25, 0.3) is 11.5 Å². The van der Waals surface area contributed by atoms with Crippen molar-refractivity contribution >= 4 is 5.91 Å². The first-order valence-electron chi connectivity index (χ1n) is 8.14. The third kappa shape index (κ3) is 4.65. The molecule has 1 aliphatic heterocycles. The molecule has 1 aromatic heterocycles. The van der Waals surface area contributed by atoms with E-state index in [0.717, 1.165) is 37.3 Å². The van der Waals surface area contributed by atoms with Gasteiger partial charge in [0.05, 0.1) is 6.10 Å². The Bertz CT molecular complexity index is 604. The van der Waals surface area contributed by atoms with Gasteiger partial charge in [-0.15, -0.1) is 0 Å². The predicted octanol–water partition coefficient (Wildman–Crippen LogP) is 1.17. The molecule has 0 aromatic carbocycles. The number of carbonyl (C=O) groups is 1. The van der Waals surface area contributed by atoms with Gasteiger partial charge in [-0.05, 0) is 52.4 Å². The highest BCUT2D eigenvalue weighted by molar-refractivity contribution is 5.95. The molecule has 0 aliphatic carbocycles. The van der Waals surface area contributed by atoms with Gasteiger partial charge >= 0.3 is 0 Å². The summed E-state index contributed by atoms with van der Waals surface area (Å²) in [5.41, 5.74) is 1.42. The standard InChI is InChI=1S/C17H27N3O3/c1-12-10-13(2)18-16(21)15(12)17(22)20(8-7-19(3)4)11-14-6-5-9-23-14/h10,14H,5-9,11H2,1-4H3,(H,18,21)/t14-/m0/s1. The van der Waals surface area contributed by atoms with E-state index in [0.29, 0.717) is 13.1 Å². The van der Waals surface area contributed by atoms with Crippen LogP contribution in [-0.4, -0.2) is 67.1 Å². The van der Waals surface area contributed by atoms with Gasteiger partial charge in [0.1, 0.15) is 5.56 Å². The van der Waals surface area contributed by atoms with Crippen LogP contribution < -0.4 is 5.56 Å². The zero-order valence-electron chi connectivity index (χ0n) is 14.5. The van der Waals surface area contributed by atoms with Crippen LogP contribution in [0, 0.1) is 13.8 Å². The monoisotopic (exact) mass is 321 g/mol. The molecule has 0 unspecified atom stereocenters. The Balaban J connectivity index is 2.22. The molecule has 128 valence electrons. The molecule has 1 N–H and O–H groups in total. The normalized spacial score (nSPS) is 17.7. The van der Waals surface area contributed by atoms with Crippen LogP contribution in [0.4, 0.5) is 0 Å². The molecule has 23 heavy (non-hydrogen) atoms. The van der Waals surface area contributed by atoms with Crippen molar-refractivity contribution in [2.45, 2.75) is 32.8 Å². The minimum absolute atomic E-state index is 0.0750. The summed E-state index contributed by atoms with van der Waals surface area (Å²) in [5, 5.41) is 0. The Kier molecular flexibility index (Phi) is 5.96. The van der Waals surface area contributed by atoms with Crippen LogP contribution in [0.2, 0.25) is 0 Å². The zero-order valence-corrected chi connectivity index (χ0v) is 14.5. The molecule has 0 radical (unpaired) electrons. The third-order valence-corrected chi connectivity index (χ3v) is 4.13. The molecule has 6 heteroatoms. The molecule has 1 fully saturated rings. The van der Waals surface area contributed by atoms with Crippen LogP contribution in [0.15, 0.2) is 10.9 Å². The Morgan fingerprint density at radius 3 is 2.65 bits per heavy atom. The Hall–Kier alpha value is -1.66. The minimum atomic E-state index is -0.310. The number of hydrogen-bond donors (Lipinski definition) is 1. The van der Waals surface area contributed by atoms with Crippen LogP contribution in [0.5, 0.6) is 0 Å². The number of nitrogens with one attached hydrogen (secondary N) is 1. The van der Waals surface area contributed by atoms with E-state index in [2.05, 4.69) is 4.98 Å². The molecule has 1 atom stereocenters. The van der Waals surface area contributed by atoms with Crippen LogP contribution in [0.1, 0.15) is 34.5 Å². The topological polar surface area (TPSA) is 65.6 Å². The molecule has 1 aromatic rings. The van der Waals surface area contributed by atoms with Crippen molar-refractivity contribution in [1.29, 1.82) is 0 Å². The lowest BCUT2D eigenvalue weighted by atomic mass is 10.1. The summed E-state index contributed by atoms with van der Waals surface area (Å²) in [6, 6.07) is 1.84. The minimum Gasteiger partial charge on any atom is -0.376 e. The maximum Gasteiger partial charge on any atom is 0.261 e. The van der Waals surface area contributed by atoms with Crippen LogP contribution in [0.25, 0.3) is 0 Å². The first kappa shape index (κ1) is 17.7. The summed E-state index contributed by atoms with van der Waals surface area (Å²) in [5.74, 6) is -0.207. The molecule has 1 aliphatic rings. The number of carbonyl (C=O) groups excluding carboxylic acids is 1. The van der Waals surface area contributed by atoms with E-state index in [1.165, 1.54) is 0 Å². The van der Waals surface area contributed by atoms with E-state index in [1.54, 1.807) is 4.90 Å². The highest BCUT2D eigenvalue weighted by Crippen LogP contribution is 2.15. The van der Waals surface area contributed by atoms with Gasteiger partial charge in [-0.1, -0.05) is 0 Å². The molecule has 2 rings (SSSR count). The average molecular weight is 321 g/mol. The largest absolute Gasteiger partial charge is 0.376 e. The number of nitrogens with zero attached hydrogens (tertiary/aromatic N) is 2. The highest BCUT2D eigenvalue weighted by Gasteiger charge is 2.26. The van der Waals surface area contributed by atoms with Crippen molar-refractivity contribution < 1.29 is 9.53 Å². The molecule has 0 spiro atoms. The van der Waals surface area contributed by atoms with Gasteiger partial charge in [0.2, 0.25) is 0 Å². The van der Waals surface area contributed by atoms with Crippen molar-refractivity contribution in [1.82, 2.24) is 14.8 Å². The number of ether oxygens (including phenoxy) is 1. The van der Waals surface area contributed by atoms with E-state index < -0.39 is 0 Å². The predicted molar refractivity (Wildman–Crippen MR) is 90.0 cm³/mol. The number of H-pyrrole nitrogens is 1. The Morgan fingerprint density at radius 1 is 1.35 bits per heavy atom. The van der Waals surface area contributed by atoms with E-state index in [1.807, 2.05) is 38.9 Å². The van der Waals surface area contributed by atoms with Gasteiger partial charge in [-0.2, -0.15) is 0 Å². The fourth-order valence-electron chi connectivity index (χ4n) is 2.91. The number of amides is 1. The summed E-state index contributed by atoms with van der Waals surface area (Å²) < 4.78 is 5.66. The smallest absolute Gasteiger partial charge is 0.261 e. The first-order valence-corrected chi connectivity index (χ1v) is 8.14. The average Bonchev–Trinajstić information content (AvgIpc) is 2.94. The number of pyridine rings is 1. The van der Waals surface area contributed by atoms with Gasteiger partial charge in [0.15, 0.2) is 0 Å². The van der Waals surface area contributed by atoms with Crippen LogP contribution in [0.3, 0.4) is 0 Å². The SMILES string of the molecule is Cc1cc(C)c(C(=O)N(CCN(C)C)C[C@@H]2CCCO2)c(=O)[nH]1. The summed E-state index contributed by atoms with van der Waals surface area (Å²) >= 11 is 0. The van der Waals surface area contributed by atoms with Crippen molar-refractivity contribution in [2.75, 3.05) is 40.3 Å². The van der Waals surface area contributed by atoms with Crippen molar-refractivity contribution in [3.63, 3.8) is 0 Å². The molecule has 1 amide bonds. The summed E-state index contributed by atoms with van der Waals surface area (Å²) in [7, 11) is 3.94. The lowest BCUT2D eigenvalue weighted by molar-refractivity contribution is 0.0510. The molecule has 1 saturated heterocycles. The van der Waals surface area contributed by atoms with Gasteiger partial charge < -0.3 is 19.5 Å². The molecule has 0 saturated carbocycles. The second kappa shape index (κ2) is 7.75. The summed E-state index contributed by atoms with van der Waals surface area (Å²) in [6.45, 7) is 6.26. The first-order chi connectivity index (χ1) is 10.9. The molecule has 2 heterocycles. The lowest BCUT2D eigenvalue weighted by Gasteiger charge is -2.27. The fraction of sp³-hybridized carbons (Fsp3) is 0.647. The van der Waals surface area contributed by atoms with Crippen molar-refractivity contribution in [2.24, 2.45) is 0 Å². The summed E-state index contributed by atoms with van der Waals surface area (Å²) in [4.78, 5) is 31.7. The molecule has 6 nitrogen and oxygen atoms in total. The molecule has 0 bridgehead atoms. The Labute approximate surface area is 137 Å². The number of aryl methyl sites for hydroxylation is 2. The van der Waals surface area contributed by atoms with Crippen LogP contribution in [-0.2, 0) is 4.74 Å². The summed E-state index contributed by atoms with van der Waals surface area (Å²) in [6.07, 6.45) is 2.07. The zero-order chi connectivity index (χ0) is 17.0. The Morgan fingerprint density at radius 2 is 2.09 bits per heavy atom. The maximum absolute atomic E-state index is 12.9. The number of likely N-dealkylation sites (N-methyl/N-ethyl adjacent to an activating group) is 1. The number of aromatic nitrogens is 1. The fourth-order valence-corrected chi connectivity index (χ4v) is 2.91. The maximum atomic E-state index is 12.9. The van der Waals surface area contributed by atoms with Crippen molar-refractivity contribution in [3.05, 3.63) is 33.2 Å². The van der Waals surface area contributed by atoms with Gasteiger partial charge in [-0.25, -0.2) is 0 Å². The second-order valence-electron chi connectivity index (χ2n) is 6.53. The lowest BCUT2D eigenvalue weighted by Crippen LogP contribution is -2.43. The quantitative estimate of drug-likeness (QED) is 0.854. The number of rotatable bonds is 6. The van der Waals surface area contributed by atoms with E-state index in [4.69, 9.17) is 4.74 Å². The number of aromatic amines is 1.